The van der Waals surface area contributed by atoms with Crippen molar-refractivity contribution in [1.82, 2.24) is 0 Å². The van der Waals surface area contributed by atoms with Crippen LogP contribution < -0.4 is 4.52 Å². The van der Waals surface area contributed by atoms with Crippen molar-refractivity contribution in [2.75, 3.05) is 6.61 Å². The molecule has 0 aliphatic carbocycles. The van der Waals surface area contributed by atoms with Crippen molar-refractivity contribution in [2.45, 2.75) is 13.5 Å². The molecule has 1 unspecified atom stereocenters. The van der Waals surface area contributed by atoms with Crippen LogP contribution in [0, 0.1) is 0 Å². The summed E-state index contributed by atoms with van der Waals surface area (Å²) in [6.45, 7) is 0.357. The lowest BCUT2D eigenvalue weighted by Gasteiger charge is -2.27. The number of hydrogen-bond donors (Lipinski definition) is 0. The third-order valence-corrected chi connectivity index (χ3v) is 4.14. The van der Waals surface area contributed by atoms with Gasteiger partial charge in [0, 0.05) is 17.4 Å². The third-order valence-electron chi connectivity index (χ3n) is 1.85. The topological polar surface area (TPSA) is 27.7 Å². The lowest BCUT2D eigenvalue weighted by molar-refractivity contribution is 0.185. The molecule has 0 radical (unpaired) electrons. The van der Waals surface area contributed by atoms with Gasteiger partial charge in [0.1, 0.15) is 5.75 Å². The van der Waals surface area contributed by atoms with Crippen LogP contribution in [0.15, 0.2) is 24.3 Å². The maximum atomic E-state index is 5.54. The highest BCUT2D eigenvalue weighted by Crippen LogP contribution is 2.54. The van der Waals surface area contributed by atoms with Gasteiger partial charge in [0.05, 0.1) is 13.2 Å². The van der Waals surface area contributed by atoms with Crippen LogP contribution in [0.2, 0.25) is 0 Å². The molecule has 0 aromatic heterocycles. The summed E-state index contributed by atoms with van der Waals surface area (Å²) in [5.41, 5.74) is 1.02. The molecule has 0 fully saturated rings. The standard InChI is InChI=1S/C9H11O3PS/c1-2-10-13(14)11-7-8-5-3-4-6-9(8)12-13/h3-6H,2,7H2,1H3. The van der Waals surface area contributed by atoms with Gasteiger partial charge >= 0.3 is 6.72 Å². The molecule has 0 N–H and O–H groups in total. The first kappa shape index (κ1) is 10.1. The molecular weight excluding hydrogens is 219 g/mol. The van der Waals surface area contributed by atoms with Gasteiger partial charge in [0.15, 0.2) is 0 Å². The van der Waals surface area contributed by atoms with Gasteiger partial charge < -0.3 is 4.52 Å². The number of rotatable bonds is 2. The van der Waals surface area contributed by atoms with Crippen LogP contribution in [0.25, 0.3) is 0 Å². The number of benzene rings is 1. The Morgan fingerprint density at radius 3 is 3.07 bits per heavy atom. The zero-order chi connectivity index (χ0) is 10.0. The number of para-hydroxylation sites is 1. The zero-order valence-electron chi connectivity index (χ0n) is 7.80. The minimum atomic E-state index is -2.51. The monoisotopic (exact) mass is 230 g/mol. The fraction of sp³-hybridized carbons (Fsp3) is 0.333. The number of fused-ring (bicyclic) bond motifs is 1. The van der Waals surface area contributed by atoms with Crippen LogP contribution in [-0.2, 0) is 27.5 Å². The zero-order valence-corrected chi connectivity index (χ0v) is 9.51. The molecular formula is C9H11O3PS. The first-order chi connectivity index (χ1) is 6.73. The van der Waals surface area contributed by atoms with Gasteiger partial charge in [0.25, 0.3) is 0 Å². The largest absolute Gasteiger partial charge is 0.424 e. The molecule has 14 heavy (non-hydrogen) atoms. The van der Waals surface area contributed by atoms with Gasteiger partial charge in [-0.25, -0.2) is 0 Å². The maximum Gasteiger partial charge on any atom is 0.380 e. The summed E-state index contributed by atoms with van der Waals surface area (Å²) in [4.78, 5) is 0. The van der Waals surface area contributed by atoms with Gasteiger partial charge in [-0.05, 0) is 13.0 Å². The Hall–Kier alpha value is -0.410. The highest BCUT2D eigenvalue weighted by molar-refractivity contribution is 8.07. The van der Waals surface area contributed by atoms with Crippen LogP contribution in [0.1, 0.15) is 12.5 Å². The third kappa shape index (κ3) is 1.98. The van der Waals surface area contributed by atoms with Gasteiger partial charge in [0.2, 0.25) is 0 Å². The molecule has 0 spiro atoms. The van der Waals surface area contributed by atoms with Crippen LogP contribution in [0.4, 0.5) is 0 Å². The Bertz CT molecular complexity index is 380. The lowest BCUT2D eigenvalue weighted by atomic mass is 10.2. The normalized spacial score (nSPS) is 25.2. The molecule has 2 rings (SSSR count). The Balaban J connectivity index is 2.25. The van der Waals surface area contributed by atoms with Gasteiger partial charge in [-0.1, -0.05) is 18.2 Å². The molecule has 1 aromatic rings. The van der Waals surface area contributed by atoms with Crippen molar-refractivity contribution in [3.8, 4) is 5.75 Å². The second kappa shape index (κ2) is 3.99. The average molecular weight is 230 g/mol. The predicted molar refractivity (Wildman–Crippen MR) is 57.8 cm³/mol. The average Bonchev–Trinajstić information content (AvgIpc) is 2.17. The molecule has 1 aromatic carbocycles. The molecule has 3 nitrogen and oxygen atoms in total. The Labute approximate surface area is 88.2 Å². The molecule has 1 atom stereocenters. The molecule has 0 bridgehead atoms. The molecule has 5 heteroatoms. The van der Waals surface area contributed by atoms with Crippen molar-refractivity contribution in [3.63, 3.8) is 0 Å². The van der Waals surface area contributed by atoms with E-state index in [4.69, 9.17) is 25.4 Å². The highest BCUT2D eigenvalue weighted by atomic mass is 32.5. The van der Waals surface area contributed by atoms with Crippen molar-refractivity contribution >= 4 is 18.5 Å². The molecule has 1 aliphatic heterocycles. The molecule has 1 heterocycles. The van der Waals surface area contributed by atoms with E-state index >= 15 is 0 Å². The summed E-state index contributed by atoms with van der Waals surface area (Å²) in [6, 6.07) is 7.70. The minimum Gasteiger partial charge on any atom is -0.424 e. The summed E-state index contributed by atoms with van der Waals surface area (Å²) >= 11 is 5.17. The summed E-state index contributed by atoms with van der Waals surface area (Å²) in [5.74, 6) is 0.788. The SMILES string of the molecule is CCOP1(=S)OCc2ccccc2O1. The van der Waals surface area contributed by atoms with E-state index in [0.717, 1.165) is 11.3 Å². The van der Waals surface area contributed by atoms with Crippen LogP contribution >= 0.6 is 6.72 Å². The van der Waals surface area contributed by atoms with Crippen molar-refractivity contribution < 1.29 is 13.6 Å². The van der Waals surface area contributed by atoms with Crippen LogP contribution in [0.3, 0.4) is 0 Å². The predicted octanol–water partition coefficient (Wildman–Crippen LogP) is 2.86. The van der Waals surface area contributed by atoms with E-state index in [1.54, 1.807) is 0 Å². The second-order valence-corrected chi connectivity index (χ2v) is 5.77. The first-order valence-electron chi connectivity index (χ1n) is 4.40. The van der Waals surface area contributed by atoms with E-state index < -0.39 is 6.72 Å². The Morgan fingerprint density at radius 2 is 2.29 bits per heavy atom. The maximum absolute atomic E-state index is 5.54. The molecule has 0 saturated carbocycles. The van der Waals surface area contributed by atoms with E-state index in [9.17, 15) is 0 Å². The van der Waals surface area contributed by atoms with Crippen LogP contribution in [-0.4, -0.2) is 6.61 Å². The fourth-order valence-electron chi connectivity index (χ4n) is 1.23. The van der Waals surface area contributed by atoms with E-state index in [1.165, 1.54) is 0 Å². The fourth-order valence-corrected chi connectivity index (χ4v) is 3.16. The quantitative estimate of drug-likeness (QED) is 0.730. The molecule has 1 aliphatic rings. The second-order valence-electron chi connectivity index (χ2n) is 2.84. The molecule has 0 amide bonds. The van der Waals surface area contributed by atoms with Crippen molar-refractivity contribution in [3.05, 3.63) is 29.8 Å². The molecule has 0 saturated heterocycles. The molecule has 76 valence electrons. The van der Waals surface area contributed by atoms with Gasteiger partial charge in [-0.3, -0.25) is 9.05 Å². The Kier molecular flexibility index (Phi) is 2.88. The minimum absolute atomic E-state index is 0.480. The Morgan fingerprint density at radius 1 is 1.50 bits per heavy atom. The van der Waals surface area contributed by atoms with E-state index in [0.29, 0.717) is 13.2 Å². The van der Waals surface area contributed by atoms with E-state index in [2.05, 4.69) is 0 Å². The summed E-state index contributed by atoms with van der Waals surface area (Å²) in [6.07, 6.45) is 0. The lowest BCUT2D eigenvalue weighted by Crippen LogP contribution is -2.09. The van der Waals surface area contributed by atoms with Crippen molar-refractivity contribution in [1.29, 1.82) is 0 Å². The van der Waals surface area contributed by atoms with Crippen molar-refractivity contribution in [2.24, 2.45) is 0 Å². The number of hydrogen-bond acceptors (Lipinski definition) is 4. The van der Waals surface area contributed by atoms with E-state index in [-0.39, 0.29) is 0 Å². The van der Waals surface area contributed by atoms with Gasteiger partial charge in [-0.2, -0.15) is 0 Å². The van der Waals surface area contributed by atoms with Gasteiger partial charge in [-0.15, -0.1) is 0 Å². The summed E-state index contributed by atoms with van der Waals surface area (Å²) in [5, 5.41) is 0. The smallest absolute Gasteiger partial charge is 0.380 e. The highest BCUT2D eigenvalue weighted by Gasteiger charge is 2.27. The van der Waals surface area contributed by atoms with E-state index in [1.807, 2.05) is 31.2 Å². The van der Waals surface area contributed by atoms with Crippen LogP contribution in [0.5, 0.6) is 5.75 Å². The summed E-state index contributed by atoms with van der Waals surface area (Å²) < 4.78 is 16.3. The first-order valence-corrected chi connectivity index (χ1v) is 6.96. The summed E-state index contributed by atoms with van der Waals surface area (Å²) in [7, 11) is 0.